The number of carbonyl (C=O) groups is 3. The number of rotatable bonds is 22. The fraction of sp³-hybridized carbons (Fsp3) is 0.618. The monoisotopic (exact) mass is 550 g/mol. The predicted molar refractivity (Wildman–Crippen MR) is 164 cm³/mol. The number of hydrogen-bond acceptors (Lipinski definition) is 4. The molecule has 0 bridgehead atoms. The normalized spacial score (nSPS) is 12.9. The lowest BCUT2D eigenvalue weighted by atomic mass is 9.92. The van der Waals surface area contributed by atoms with Gasteiger partial charge in [0.15, 0.2) is 0 Å². The summed E-state index contributed by atoms with van der Waals surface area (Å²) in [5.41, 5.74) is 2.18. The molecule has 1 heterocycles. The zero-order valence-electron chi connectivity index (χ0n) is 24.6. The highest BCUT2D eigenvalue weighted by Crippen LogP contribution is 2.34. The van der Waals surface area contributed by atoms with E-state index in [0.29, 0.717) is 24.1 Å². The molecule has 0 unspecified atom stereocenters. The maximum Gasteiger partial charge on any atom is 0.303 e. The number of nitrogens with zero attached hydrogens (tertiary/aromatic N) is 1. The van der Waals surface area contributed by atoms with E-state index in [1.54, 1.807) is 0 Å². The molecule has 2 aromatic rings. The zero-order valence-corrected chi connectivity index (χ0v) is 24.6. The van der Waals surface area contributed by atoms with Gasteiger partial charge in [-0.3, -0.25) is 19.3 Å². The Bertz CT molecular complexity index is 1070. The van der Waals surface area contributed by atoms with Crippen LogP contribution in [0.15, 0.2) is 30.3 Å². The van der Waals surface area contributed by atoms with Crippen molar-refractivity contribution in [3.05, 3.63) is 41.5 Å². The molecule has 1 aliphatic heterocycles. The second-order valence-electron chi connectivity index (χ2n) is 11.4. The van der Waals surface area contributed by atoms with Crippen molar-refractivity contribution >= 4 is 34.2 Å². The van der Waals surface area contributed by atoms with Crippen LogP contribution in [0.2, 0.25) is 0 Å². The van der Waals surface area contributed by atoms with Gasteiger partial charge < -0.3 is 10.4 Å². The van der Waals surface area contributed by atoms with E-state index in [2.05, 4.69) is 12.2 Å². The number of unbranched alkanes of at least 4 members (excludes halogenated alkanes) is 15. The van der Waals surface area contributed by atoms with Gasteiger partial charge in [0.25, 0.3) is 11.8 Å². The van der Waals surface area contributed by atoms with Crippen LogP contribution in [-0.2, 0) is 4.79 Å². The van der Waals surface area contributed by atoms with Crippen LogP contribution in [0.3, 0.4) is 0 Å². The van der Waals surface area contributed by atoms with Crippen LogP contribution in [0, 0.1) is 0 Å². The van der Waals surface area contributed by atoms with Gasteiger partial charge in [0.05, 0.1) is 0 Å². The summed E-state index contributed by atoms with van der Waals surface area (Å²) >= 11 is 0. The second kappa shape index (κ2) is 17.7. The van der Waals surface area contributed by atoms with Gasteiger partial charge in [-0.15, -0.1) is 0 Å². The molecule has 0 fully saturated rings. The number of carbonyl (C=O) groups excluding carboxylic acids is 2. The minimum atomic E-state index is -0.764. The van der Waals surface area contributed by atoms with Gasteiger partial charge in [0.2, 0.25) is 0 Å². The van der Waals surface area contributed by atoms with E-state index in [1.807, 2.05) is 30.3 Å². The largest absolute Gasteiger partial charge is 0.481 e. The van der Waals surface area contributed by atoms with Crippen LogP contribution in [-0.4, -0.2) is 40.9 Å². The Hall–Kier alpha value is -2.89. The van der Waals surface area contributed by atoms with Gasteiger partial charge in [-0.05, 0) is 37.5 Å². The lowest BCUT2D eigenvalue weighted by Gasteiger charge is -2.28. The number of amides is 2. The summed E-state index contributed by atoms with van der Waals surface area (Å²) in [6.45, 7) is 3.55. The molecule has 0 aliphatic carbocycles. The van der Waals surface area contributed by atoms with Crippen molar-refractivity contribution in [2.75, 3.05) is 18.4 Å². The Morgan fingerprint density at radius 3 is 1.88 bits per heavy atom. The molecule has 1 aliphatic rings. The summed E-state index contributed by atoms with van der Waals surface area (Å²) in [7, 11) is 0. The van der Waals surface area contributed by atoms with Crippen molar-refractivity contribution in [2.24, 2.45) is 0 Å². The van der Waals surface area contributed by atoms with Crippen LogP contribution < -0.4 is 5.32 Å². The molecular weight excluding hydrogens is 500 g/mol. The van der Waals surface area contributed by atoms with E-state index >= 15 is 0 Å². The first-order valence-electron chi connectivity index (χ1n) is 15.9. The number of benzene rings is 2. The van der Waals surface area contributed by atoms with Crippen molar-refractivity contribution in [1.29, 1.82) is 0 Å². The third-order valence-electron chi connectivity index (χ3n) is 8.11. The van der Waals surface area contributed by atoms with Crippen LogP contribution in [0.4, 0.5) is 5.69 Å². The molecule has 6 nitrogen and oxygen atoms in total. The van der Waals surface area contributed by atoms with Crippen molar-refractivity contribution in [3.63, 3.8) is 0 Å². The molecule has 2 amide bonds. The summed E-state index contributed by atoms with van der Waals surface area (Å²) in [6.07, 6.45) is 20.1. The highest BCUT2D eigenvalue weighted by molar-refractivity contribution is 6.26. The first-order chi connectivity index (χ1) is 19.5. The average Bonchev–Trinajstić information content (AvgIpc) is 2.95. The number of aliphatic carboxylic acids is 1. The van der Waals surface area contributed by atoms with Crippen molar-refractivity contribution in [1.82, 2.24) is 4.90 Å². The highest BCUT2D eigenvalue weighted by atomic mass is 16.4. The summed E-state index contributed by atoms with van der Waals surface area (Å²) < 4.78 is 0. The summed E-state index contributed by atoms with van der Waals surface area (Å²) in [5.74, 6) is -1.20. The lowest BCUT2D eigenvalue weighted by molar-refractivity contribution is -0.137. The van der Waals surface area contributed by atoms with E-state index in [9.17, 15) is 14.4 Å². The maximum atomic E-state index is 13.3. The molecule has 220 valence electrons. The Kier molecular flexibility index (Phi) is 14.0. The van der Waals surface area contributed by atoms with Crippen molar-refractivity contribution in [3.8, 4) is 0 Å². The second-order valence-corrected chi connectivity index (χ2v) is 11.4. The van der Waals surface area contributed by atoms with Crippen molar-refractivity contribution < 1.29 is 19.5 Å². The summed E-state index contributed by atoms with van der Waals surface area (Å²) in [4.78, 5) is 38.6. The first kappa shape index (κ1) is 31.6. The van der Waals surface area contributed by atoms with Crippen LogP contribution >= 0.6 is 0 Å². The number of anilines is 1. The molecule has 0 saturated heterocycles. The minimum Gasteiger partial charge on any atom is -0.481 e. The molecule has 0 radical (unpaired) electrons. The number of carboxylic acid groups (broad SMARTS) is 1. The molecule has 2 aromatic carbocycles. The number of hydrogen-bond donors (Lipinski definition) is 2. The Balaban J connectivity index is 1.42. The molecule has 2 N–H and O–H groups in total. The molecule has 6 heteroatoms. The fourth-order valence-electron chi connectivity index (χ4n) is 5.77. The molecular formula is C34H50N2O4. The Morgan fingerprint density at radius 2 is 1.25 bits per heavy atom. The summed E-state index contributed by atoms with van der Waals surface area (Å²) in [5, 5.41) is 14.0. The lowest BCUT2D eigenvalue weighted by Crippen LogP contribution is -2.40. The highest BCUT2D eigenvalue weighted by Gasteiger charge is 2.32. The predicted octanol–water partition coefficient (Wildman–Crippen LogP) is 8.97. The van der Waals surface area contributed by atoms with E-state index in [4.69, 9.17) is 5.11 Å². The third kappa shape index (κ3) is 9.64. The van der Waals surface area contributed by atoms with E-state index in [1.165, 1.54) is 75.5 Å². The van der Waals surface area contributed by atoms with Crippen molar-refractivity contribution in [2.45, 2.75) is 122 Å². The first-order valence-corrected chi connectivity index (χ1v) is 15.9. The molecule has 0 spiro atoms. The SMILES string of the molecule is CCCCCCCCCCCCCCNc1ccc2c3c(cccc13)C(=O)N(CCCCCCCC(=O)O)C2=O. The average molecular weight is 551 g/mol. The molecule has 0 saturated carbocycles. The van der Waals surface area contributed by atoms with E-state index < -0.39 is 5.97 Å². The van der Waals surface area contributed by atoms with E-state index in [0.717, 1.165) is 55.1 Å². The van der Waals surface area contributed by atoms with Gasteiger partial charge in [-0.1, -0.05) is 109 Å². The van der Waals surface area contributed by atoms with E-state index in [-0.39, 0.29) is 18.2 Å². The molecule has 40 heavy (non-hydrogen) atoms. The van der Waals surface area contributed by atoms with Gasteiger partial charge in [0, 0.05) is 47.1 Å². The Labute approximate surface area is 240 Å². The fourth-order valence-corrected chi connectivity index (χ4v) is 5.77. The molecule has 3 rings (SSSR count). The van der Waals surface area contributed by atoms with Crippen LogP contribution in [0.25, 0.3) is 10.8 Å². The topological polar surface area (TPSA) is 86.7 Å². The summed E-state index contributed by atoms with van der Waals surface area (Å²) in [6, 6.07) is 9.58. The smallest absolute Gasteiger partial charge is 0.303 e. The number of nitrogens with one attached hydrogen (secondary N) is 1. The number of imide groups is 1. The van der Waals surface area contributed by atoms with Crippen LogP contribution in [0.5, 0.6) is 0 Å². The standard InChI is InChI=1S/C34H50N2O4/c1-2-3-4-5-6-7-8-9-10-11-14-17-25-35-30-24-23-29-32-27(30)20-19-21-28(32)33(39)36(34(29)40)26-18-15-12-13-16-22-31(37)38/h19-21,23-24,35H,2-18,22,25-26H2,1H3,(H,37,38). The van der Waals surface area contributed by atoms with Gasteiger partial charge >= 0.3 is 5.97 Å². The molecule has 0 aromatic heterocycles. The van der Waals surface area contributed by atoms with Crippen LogP contribution in [0.1, 0.15) is 143 Å². The quantitative estimate of drug-likeness (QED) is 0.113. The number of carboxylic acids is 1. The zero-order chi connectivity index (χ0) is 28.6. The van der Waals surface area contributed by atoms with Gasteiger partial charge in [-0.25, -0.2) is 0 Å². The Morgan fingerprint density at radius 1 is 0.700 bits per heavy atom. The minimum absolute atomic E-state index is 0.195. The molecule has 0 atom stereocenters. The third-order valence-corrected chi connectivity index (χ3v) is 8.11. The van der Waals surface area contributed by atoms with Gasteiger partial charge in [-0.2, -0.15) is 0 Å². The van der Waals surface area contributed by atoms with Gasteiger partial charge in [0.1, 0.15) is 0 Å². The maximum absolute atomic E-state index is 13.3.